The highest BCUT2D eigenvalue weighted by Crippen LogP contribution is 2.24. The van der Waals surface area contributed by atoms with Crippen molar-refractivity contribution in [2.24, 2.45) is 0 Å². The number of carbonyl (C=O) groups excluding carboxylic acids is 1. The van der Waals surface area contributed by atoms with Crippen molar-refractivity contribution in [3.8, 4) is 0 Å². The van der Waals surface area contributed by atoms with Crippen molar-refractivity contribution >= 4 is 27.3 Å². The van der Waals surface area contributed by atoms with Gasteiger partial charge in [-0.3, -0.25) is 4.79 Å². The van der Waals surface area contributed by atoms with E-state index in [1.165, 1.54) is 4.90 Å². The van der Waals surface area contributed by atoms with Crippen LogP contribution in [-0.2, 0) is 14.6 Å². The summed E-state index contributed by atoms with van der Waals surface area (Å²) in [6.07, 6.45) is 0. The van der Waals surface area contributed by atoms with Gasteiger partial charge in [-0.1, -0.05) is 30.7 Å². The SMILES string of the molecule is CC(C)S(=O)(=O)CC(=O)N(C)[C@@H](C)[C@@H](C)c1ccc(Cl)cc1. The molecule has 0 aliphatic carbocycles. The molecule has 0 spiro atoms. The molecule has 2 atom stereocenters. The fourth-order valence-electron chi connectivity index (χ4n) is 2.05. The molecule has 0 fully saturated rings. The van der Waals surface area contributed by atoms with Crippen LogP contribution in [0, 0.1) is 0 Å². The summed E-state index contributed by atoms with van der Waals surface area (Å²) in [6.45, 7) is 7.10. The zero-order chi connectivity index (χ0) is 17.1. The molecule has 0 unspecified atom stereocenters. The van der Waals surface area contributed by atoms with Gasteiger partial charge in [0.1, 0.15) is 5.75 Å². The third-order valence-electron chi connectivity index (χ3n) is 4.17. The van der Waals surface area contributed by atoms with Crippen LogP contribution in [0.5, 0.6) is 0 Å². The highest BCUT2D eigenvalue weighted by molar-refractivity contribution is 7.92. The van der Waals surface area contributed by atoms with Gasteiger partial charge in [0.05, 0.1) is 5.25 Å². The largest absolute Gasteiger partial charge is 0.342 e. The maximum atomic E-state index is 12.2. The van der Waals surface area contributed by atoms with Gasteiger partial charge < -0.3 is 4.90 Å². The Kier molecular flexibility index (Phi) is 6.44. The predicted molar refractivity (Wildman–Crippen MR) is 91.0 cm³/mol. The van der Waals surface area contributed by atoms with E-state index >= 15 is 0 Å². The van der Waals surface area contributed by atoms with Crippen molar-refractivity contribution in [3.05, 3.63) is 34.9 Å². The summed E-state index contributed by atoms with van der Waals surface area (Å²) < 4.78 is 23.8. The number of benzene rings is 1. The minimum absolute atomic E-state index is 0.0768. The second kappa shape index (κ2) is 7.47. The number of hydrogen-bond acceptors (Lipinski definition) is 3. The molecule has 0 saturated heterocycles. The number of rotatable bonds is 6. The minimum atomic E-state index is -3.38. The van der Waals surface area contributed by atoms with Gasteiger partial charge in [0.25, 0.3) is 0 Å². The molecular formula is C16H24ClNO3S. The van der Waals surface area contributed by atoms with Gasteiger partial charge in [0.15, 0.2) is 9.84 Å². The normalized spacial score (nSPS) is 14.7. The first-order valence-corrected chi connectivity index (χ1v) is 9.38. The second-order valence-electron chi connectivity index (χ2n) is 5.94. The Balaban J connectivity index is 2.81. The fraction of sp³-hybridized carbons (Fsp3) is 0.562. The molecule has 0 aliphatic rings. The Morgan fingerprint density at radius 2 is 1.64 bits per heavy atom. The molecule has 0 aliphatic heterocycles. The van der Waals surface area contributed by atoms with E-state index in [0.29, 0.717) is 5.02 Å². The van der Waals surface area contributed by atoms with Crippen molar-refractivity contribution in [3.63, 3.8) is 0 Å². The van der Waals surface area contributed by atoms with E-state index in [4.69, 9.17) is 11.6 Å². The number of hydrogen-bond donors (Lipinski definition) is 0. The maximum absolute atomic E-state index is 12.2. The van der Waals surface area contributed by atoms with Gasteiger partial charge in [-0.05, 0) is 38.5 Å². The Morgan fingerprint density at radius 3 is 2.09 bits per heavy atom. The van der Waals surface area contributed by atoms with E-state index in [0.717, 1.165) is 5.56 Å². The zero-order valence-corrected chi connectivity index (χ0v) is 15.3. The van der Waals surface area contributed by atoms with Gasteiger partial charge >= 0.3 is 0 Å². The first kappa shape index (κ1) is 19.0. The Bertz CT molecular complexity index is 611. The quantitative estimate of drug-likeness (QED) is 0.796. The number of carbonyl (C=O) groups is 1. The summed E-state index contributed by atoms with van der Waals surface area (Å²) in [5.41, 5.74) is 1.06. The lowest BCUT2D eigenvalue weighted by molar-refractivity contribution is -0.129. The van der Waals surface area contributed by atoms with Crippen LogP contribution in [0.1, 0.15) is 39.2 Å². The third-order valence-corrected chi connectivity index (χ3v) is 6.50. The highest BCUT2D eigenvalue weighted by Gasteiger charge is 2.27. The molecule has 22 heavy (non-hydrogen) atoms. The van der Waals surface area contributed by atoms with E-state index < -0.39 is 20.8 Å². The third kappa shape index (κ3) is 4.71. The van der Waals surface area contributed by atoms with E-state index in [2.05, 4.69) is 0 Å². The summed E-state index contributed by atoms with van der Waals surface area (Å²) in [6, 6.07) is 7.35. The smallest absolute Gasteiger partial charge is 0.237 e. The molecule has 0 aromatic heterocycles. The zero-order valence-electron chi connectivity index (χ0n) is 13.7. The number of sulfone groups is 1. The van der Waals surface area contributed by atoms with Gasteiger partial charge in [-0.15, -0.1) is 0 Å². The summed E-state index contributed by atoms with van der Waals surface area (Å²) in [5, 5.41) is 0.116. The molecule has 0 saturated carbocycles. The molecule has 6 heteroatoms. The summed E-state index contributed by atoms with van der Waals surface area (Å²) in [7, 11) is -1.73. The number of nitrogens with zero attached hydrogens (tertiary/aromatic N) is 1. The average molecular weight is 346 g/mol. The average Bonchev–Trinajstić information content (AvgIpc) is 2.45. The van der Waals surface area contributed by atoms with Gasteiger partial charge in [0.2, 0.25) is 5.91 Å². The van der Waals surface area contributed by atoms with Gasteiger partial charge in [-0.25, -0.2) is 8.42 Å². The van der Waals surface area contributed by atoms with Crippen LogP contribution in [0.3, 0.4) is 0 Å². The summed E-state index contributed by atoms with van der Waals surface area (Å²) >= 11 is 5.88. The van der Waals surface area contributed by atoms with Crippen LogP contribution in [0.2, 0.25) is 5.02 Å². The Labute approximate surface area is 138 Å². The predicted octanol–water partition coefficient (Wildman–Crippen LogP) is 3.11. The van der Waals surface area contributed by atoms with Gasteiger partial charge in [-0.2, -0.15) is 0 Å². The van der Waals surface area contributed by atoms with Crippen molar-refractivity contribution in [2.75, 3.05) is 12.8 Å². The van der Waals surface area contributed by atoms with Crippen molar-refractivity contribution in [1.29, 1.82) is 0 Å². The van der Waals surface area contributed by atoms with Crippen LogP contribution in [0.4, 0.5) is 0 Å². The monoisotopic (exact) mass is 345 g/mol. The number of likely N-dealkylation sites (N-methyl/N-ethyl adjacent to an activating group) is 1. The molecule has 1 aromatic carbocycles. The Hall–Kier alpha value is -1.07. The molecule has 0 bridgehead atoms. The topological polar surface area (TPSA) is 54.5 Å². The summed E-state index contributed by atoms with van der Waals surface area (Å²) in [4.78, 5) is 13.7. The lowest BCUT2D eigenvalue weighted by atomic mass is 9.93. The van der Waals surface area contributed by atoms with Crippen LogP contribution in [0.15, 0.2) is 24.3 Å². The standard InChI is InChI=1S/C16H24ClNO3S/c1-11(2)22(20,21)10-16(19)18(5)13(4)12(3)14-6-8-15(17)9-7-14/h6-9,11-13H,10H2,1-5H3/t12-,13+/m1/s1. The lowest BCUT2D eigenvalue weighted by Gasteiger charge is -2.30. The molecule has 0 N–H and O–H groups in total. The van der Waals surface area contributed by atoms with Gasteiger partial charge in [0, 0.05) is 24.0 Å². The second-order valence-corrected chi connectivity index (χ2v) is 8.94. The lowest BCUT2D eigenvalue weighted by Crippen LogP contribution is -2.42. The van der Waals surface area contributed by atoms with E-state index in [1.54, 1.807) is 20.9 Å². The number of amides is 1. The first-order valence-electron chi connectivity index (χ1n) is 7.29. The molecule has 0 radical (unpaired) electrons. The molecule has 124 valence electrons. The van der Waals surface area contributed by atoms with Crippen molar-refractivity contribution in [1.82, 2.24) is 4.90 Å². The number of halogens is 1. The molecular weight excluding hydrogens is 322 g/mol. The highest BCUT2D eigenvalue weighted by atomic mass is 35.5. The van der Waals surface area contributed by atoms with Crippen molar-refractivity contribution in [2.45, 2.75) is 44.9 Å². The van der Waals surface area contributed by atoms with E-state index in [-0.39, 0.29) is 17.9 Å². The fourth-order valence-corrected chi connectivity index (χ4v) is 3.06. The van der Waals surface area contributed by atoms with E-state index in [9.17, 15) is 13.2 Å². The molecule has 1 rings (SSSR count). The first-order chi connectivity index (χ1) is 10.1. The summed E-state index contributed by atoms with van der Waals surface area (Å²) in [5.74, 6) is -0.742. The molecule has 1 aromatic rings. The van der Waals surface area contributed by atoms with Crippen LogP contribution in [0.25, 0.3) is 0 Å². The van der Waals surface area contributed by atoms with Crippen LogP contribution >= 0.6 is 11.6 Å². The van der Waals surface area contributed by atoms with Crippen LogP contribution < -0.4 is 0 Å². The molecule has 0 heterocycles. The van der Waals surface area contributed by atoms with Crippen LogP contribution in [-0.4, -0.2) is 43.3 Å². The minimum Gasteiger partial charge on any atom is -0.342 e. The Morgan fingerprint density at radius 1 is 1.14 bits per heavy atom. The maximum Gasteiger partial charge on any atom is 0.237 e. The van der Waals surface area contributed by atoms with Crippen molar-refractivity contribution < 1.29 is 13.2 Å². The molecule has 4 nitrogen and oxygen atoms in total. The molecule has 1 amide bonds. The van der Waals surface area contributed by atoms with E-state index in [1.807, 2.05) is 38.1 Å².